The minimum Gasteiger partial charge on any atom is -0.356 e. The van der Waals surface area contributed by atoms with E-state index in [-0.39, 0.29) is 0 Å². The molecule has 1 unspecified atom stereocenters. The molecule has 2 aromatic rings. The number of piperazine rings is 1. The Morgan fingerprint density at radius 2 is 1.79 bits per heavy atom. The second-order valence-electron chi connectivity index (χ2n) is 8.46. The lowest BCUT2D eigenvalue weighted by Crippen LogP contribution is -2.47. The summed E-state index contributed by atoms with van der Waals surface area (Å²) in [6.45, 7) is 11.7. The third-order valence-electron chi connectivity index (χ3n) is 5.94. The number of piperidine rings is 1. The number of hydrogen-bond donors (Lipinski definition) is 0. The van der Waals surface area contributed by atoms with Gasteiger partial charge < -0.3 is 9.80 Å². The number of hydrogen-bond acceptors (Lipinski definition) is 5. The standard InChI is InChI=1S/C24H33N5/c1-20-8-6-13-29(19-20)23-18-21(2)25-24(26-23)28-16-14-27(15-17-28)12-7-11-22-9-4-3-5-10-22/h3-5,7,9-11,18,20H,6,8,12-17,19H2,1-2H3/b11-7+. The maximum absolute atomic E-state index is 4.95. The first-order valence-electron chi connectivity index (χ1n) is 11.0. The number of anilines is 2. The molecule has 5 nitrogen and oxygen atoms in total. The van der Waals surface area contributed by atoms with Crippen LogP contribution in [0.15, 0.2) is 42.5 Å². The summed E-state index contributed by atoms with van der Waals surface area (Å²) in [5, 5.41) is 0. The molecule has 2 fully saturated rings. The smallest absolute Gasteiger partial charge is 0.227 e. The molecule has 0 spiro atoms. The van der Waals surface area contributed by atoms with Crippen molar-refractivity contribution in [2.24, 2.45) is 5.92 Å². The second kappa shape index (κ2) is 9.40. The first kappa shape index (κ1) is 19.9. The van der Waals surface area contributed by atoms with E-state index in [1.165, 1.54) is 18.4 Å². The van der Waals surface area contributed by atoms with Gasteiger partial charge in [-0.05, 0) is 31.2 Å². The highest BCUT2D eigenvalue weighted by Gasteiger charge is 2.22. The number of benzene rings is 1. The van der Waals surface area contributed by atoms with Crippen molar-refractivity contribution in [2.75, 3.05) is 55.6 Å². The molecule has 0 bridgehead atoms. The van der Waals surface area contributed by atoms with Gasteiger partial charge in [0.1, 0.15) is 5.82 Å². The van der Waals surface area contributed by atoms with Crippen molar-refractivity contribution in [3.05, 3.63) is 53.7 Å². The average Bonchev–Trinajstić information content (AvgIpc) is 2.75. The summed E-state index contributed by atoms with van der Waals surface area (Å²) in [7, 11) is 0. The van der Waals surface area contributed by atoms with Crippen LogP contribution in [0.1, 0.15) is 31.0 Å². The van der Waals surface area contributed by atoms with E-state index in [0.29, 0.717) is 0 Å². The molecule has 1 aromatic carbocycles. The fourth-order valence-electron chi connectivity index (χ4n) is 4.27. The first-order valence-corrected chi connectivity index (χ1v) is 11.0. The molecule has 0 N–H and O–H groups in total. The van der Waals surface area contributed by atoms with Crippen molar-refractivity contribution in [1.29, 1.82) is 0 Å². The average molecular weight is 392 g/mol. The number of rotatable bonds is 5. The van der Waals surface area contributed by atoms with Crippen LogP contribution in [0.5, 0.6) is 0 Å². The summed E-state index contributed by atoms with van der Waals surface area (Å²) in [4.78, 5) is 17.0. The van der Waals surface area contributed by atoms with E-state index in [0.717, 1.165) is 69.2 Å². The van der Waals surface area contributed by atoms with Gasteiger partial charge in [-0.15, -0.1) is 0 Å². The van der Waals surface area contributed by atoms with Gasteiger partial charge >= 0.3 is 0 Å². The van der Waals surface area contributed by atoms with E-state index in [2.05, 4.69) is 77.1 Å². The molecular formula is C24H33N5. The molecule has 2 saturated heterocycles. The zero-order valence-electron chi connectivity index (χ0n) is 17.8. The predicted octanol–water partition coefficient (Wildman–Crippen LogP) is 3.86. The molecular weight excluding hydrogens is 358 g/mol. The van der Waals surface area contributed by atoms with Crippen LogP contribution in [0.25, 0.3) is 6.08 Å². The van der Waals surface area contributed by atoms with Crippen molar-refractivity contribution in [3.8, 4) is 0 Å². The molecule has 154 valence electrons. The summed E-state index contributed by atoms with van der Waals surface area (Å²) in [6.07, 6.45) is 7.06. The molecule has 2 aliphatic rings. The summed E-state index contributed by atoms with van der Waals surface area (Å²) in [5.74, 6) is 2.75. The molecule has 1 aromatic heterocycles. The largest absolute Gasteiger partial charge is 0.356 e. The van der Waals surface area contributed by atoms with Gasteiger partial charge in [-0.25, -0.2) is 4.98 Å². The zero-order chi connectivity index (χ0) is 20.1. The van der Waals surface area contributed by atoms with Crippen molar-refractivity contribution in [3.63, 3.8) is 0 Å². The molecule has 0 aliphatic carbocycles. The fraction of sp³-hybridized carbons (Fsp3) is 0.500. The fourth-order valence-corrected chi connectivity index (χ4v) is 4.27. The van der Waals surface area contributed by atoms with E-state index >= 15 is 0 Å². The second-order valence-corrected chi connectivity index (χ2v) is 8.46. The minimum atomic E-state index is 0.745. The van der Waals surface area contributed by atoms with E-state index in [4.69, 9.17) is 9.97 Å². The zero-order valence-corrected chi connectivity index (χ0v) is 17.8. The maximum Gasteiger partial charge on any atom is 0.227 e. The topological polar surface area (TPSA) is 35.5 Å². The Morgan fingerprint density at radius 1 is 1.00 bits per heavy atom. The third kappa shape index (κ3) is 5.36. The normalized spacial score (nSPS) is 21.1. The number of aromatic nitrogens is 2. The lowest BCUT2D eigenvalue weighted by molar-refractivity contribution is 0.283. The molecule has 3 heterocycles. The minimum absolute atomic E-state index is 0.745. The van der Waals surface area contributed by atoms with Gasteiger partial charge in [0.2, 0.25) is 5.95 Å². The van der Waals surface area contributed by atoms with E-state index in [1.54, 1.807) is 0 Å². The van der Waals surface area contributed by atoms with Gasteiger partial charge in [0.15, 0.2) is 0 Å². The Labute approximate surface area is 175 Å². The van der Waals surface area contributed by atoms with Crippen LogP contribution < -0.4 is 9.80 Å². The lowest BCUT2D eigenvalue weighted by Gasteiger charge is -2.35. The number of aryl methyl sites for hydroxylation is 1. The molecule has 29 heavy (non-hydrogen) atoms. The van der Waals surface area contributed by atoms with E-state index < -0.39 is 0 Å². The van der Waals surface area contributed by atoms with Crippen molar-refractivity contribution in [2.45, 2.75) is 26.7 Å². The van der Waals surface area contributed by atoms with E-state index in [1.807, 2.05) is 0 Å². The van der Waals surface area contributed by atoms with E-state index in [9.17, 15) is 0 Å². The van der Waals surface area contributed by atoms with Crippen molar-refractivity contribution in [1.82, 2.24) is 14.9 Å². The van der Waals surface area contributed by atoms with Gasteiger partial charge in [-0.3, -0.25) is 4.90 Å². The summed E-state index contributed by atoms with van der Waals surface area (Å²) < 4.78 is 0. The Kier molecular flexibility index (Phi) is 6.45. The predicted molar refractivity (Wildman–Crippen MR) is 122 cm³/mol. The van der Waals surface area contributed by atoms with Crippen LogP contribution in [-0.2, 0) is 0 Å². The van der Waals surface area contributed by atoms with Crippen molar-refractivity contribution < 1.29 is 0 Å². The third-order valence-corrected chi connectivity index (χ3v) is 5.94. The molecule has 5 heteroatoms. The molecule has 0 amide bonds. The first-order chi connectivity index (χ1) is 14.2. The van der Waals surface area contributed by atoms with Gasteiger partial charge in [0.05, 0.1) is 0 Å². The van der Waals surface area contributed by atoms with Crippen LogP contribution in [0.3, 0.4) is 0 Å². The van der Waals surface area contributed by atoms with Gasteiger partial charge in [-0.1, -0.05) is 49.4 Å². The monoisotopic (exact) mass is 391 g/mol. The number of nitrogens with zero attached hydrogens (tertiary/aromatic N) is 5. The highest BCUT2D eigenvalue weighted by atomic mass is 15.3. The van der Waals surface area contributed by atoms with Gasteiger partial charge in [-0.2, -0.15) is 4.98 Å². The van der Waals surface area contributed by atoms with Gasteiger partial charge in [0, 0.05) is 57.6 Å². The highest BCUT2D eigenvalue weighted by Crippen LogP contribution is 2.24. The Morgan fingerprint density at radius 3 is 2.55 bits per heavy atom. The Bertz CT molecular complexity index is 811. The summed E-state index contributed by atoms with van der Waals surface area (Å²) in [5.41, 5.74) is 2.33. The SMILES string of the molecule is Cc1cc(N2CCCC(C)C2)nc(N2CCN(C/C=C/c3ccccc3)CC2)n1. The van der Waals surface area contributed by atoms with Crippen LogP contribution in [0.4, 0.5) is 11.8 Å². The Hall–Kier alpha value is -2.40. The van der Waals surface area contributed by atoms with Crippen LogP contribution >= 0.6 is 0 Å². The quantitative estimate of drug-likeness (QED) is 0.773. The van der Waals surface area contributed by atoms with Crippen LogP contribution in [-0.4, -0.2) is 60.7 Å². The highest BCUT2D eigenvalue weighted by molar-refractivity contribution is 5.49. The van der Waals surface area contributed by atoms with Crippen LogP contribution in [0.2, 0.25) is 0 Å². The maximum atomic E-state index is 4.95. The van der Waals surface area contributed by atoms with Crippen molar-refractivity contribution >= 4 is 17.8 Å². The summed E-state index contributed by atoms with van der Waals surface area (Å²) in [6, 6.07) is 12.7. The summed E-state index contributed by atoms with van der Waals surface area (Å²) >= 11 is 0. The molecule has 1 atom stereocenters. The van der Waals surface area contributed by atoms with Gasteiger partial charge in [0.25, 0.3) is 0 Å². The molecule has 4 rings (SSSR count). The molecule has 0 saturated carbocycles. The molecule has 0 radical (unpaired) electrons. The molecule has 2 aliphatic heterocycles. The Balaban J connectivity index is 1.34. The van der Waals surface area contributed by atoms with Crippen LogP contribution in [0, 0.1) is 12.8 Å². The lowest BCUT2D eigenvalue weighted by atomic mass is 10.0.